The van der Waals surface area contributed by atoms with Gasteiger partial charge >= 0.3 is 0 Å². The number of carbonyl (C=O) groups is 1. The van der Waals surface area contributed by atoms with Gasteiger partial charge in [-0.05, 0) is 24.3 Å². The lowest BCUT2D eigenvalue weighted by Gasteiger charge is -2.19. The second kappa shape index (κ2) is 6.89. The second-order valence-electron chi connectivity index (χ2n) is 5.77. The zero-order valence-corrected chi connectivity index (χ0v) is 15.0. The van der Waals surface area contributed by atoms with Crippen LogP contribution in [-0.2, 0) is 23.1 Å². The number of rotatable bonds is 5. The van der Waals surface area contributed by atoms with Crippen LogP contribution in [0, 0.1) is 0 Å². The Kier molecular flexibility index (Phi) is 4.82. The first-order valence-electron chi connectivity index (χ1n) is 8.14. The van der Waals surface area contributed by atoms with Crippen molar-refractivity contribution in [3.8, 4) is 0 Å². The van der Waals surface area contributed by atoms with Crippen LogP contribution >= 0.6 is 0 Å². The largest absolute Gasteiger partial charge is 0.328 e. The van der Waals surface area contributed by atoms with Gasteiger partial charge in [0, 0.05) is 37.0 Å². The van der Waals surface area contributed by atoms with Crippen molar-refractivity contribution in [1.82, 2.24) is 19.2 Å². The fourth-order valence-electron chi connectivity index (χ4n) is 2.91. The third kappa shape index (κ3) is 3.27. The molecule has 8 heteroatoms. The van der Waals surface area contributed by atoms with Gasteiger partial charge in [-0.15, -0.1) is 0 Å². The highest BCUT2D eigenvalue weighted by molar-refractivity contribution is 7.89. The standard InChI is InChI=1S/C17H20N4O3S/c1-3-21(4-2)25(23,24)15-7-5-13(6-8-15)17(22)20-10-14-9-18-12-19-16(14)11-20/h5-9,12H,3-4,10-11H2,1-2H3. The maximum absolute atomic E-state index is 12.6. The van der Waals surface area contributed by atoms with Crippen molar-refractivity contribution in [1.29, 1.82) is 0 Å². The van der Waals surface area contributed by atoms with Crippen molar-refractivity contribution in [3.63, 3.8) is 0 Å². The molecule has 0 spiro atoms. The van der Waals surface area contributed by atoms with Crippen LogP contribution in [0.15, 0.2) is 41.7 Å². The predicted molar refractivity (Wildman–Crippen MR) is 92.2 cm³/mol. The summed E-state index contributed by atoms with van der Waals surface area (Å²) in [5, 5.41) is 0. The van der Waals surface area contributed by atoms with E-state index in [0.29, 0.717) is 31.7 Å². The van der Waals surface area contributed by atoms with Crippen LogP contribution in [0.3, 0.4) is 0 Å². The molecule has 1 aromatic heterocycles. The van der Waals surface area contributed by atoms with Gasteiger partial charge in [-0.3, -0.25) is 4.79 Å². The molecule has 7 nitrogen and oxygen atoms in total. The molecule has 2 aromatic rings. The van der Waals surface area contributed by atoms with Gasteiger partial charge in [-0.25, -0.2) is 18.4 Å². The average molecular weight is 360 g/mol. The minimum Gasteiger partial charge on any atom is -0.328 e. The fourth-order valence-corrected chi connectivity index (χ4v) is 4.37. The molecule has 1 aromatic carbocycles. The Balaban J connectivity index is 1.78. The topological polar surface area (TPSA) is 83.5 Å². The molecule has 0 saturated carbocycles. The summed E-state index contributed by atoms with van der Waals surface area (Å²) in [6.07, 6.45) is 3.19. The Morgan fingerprint density at radius 3 is 2.44 bits per heavy atom. The molecule has 0 radical (unpaired) electrons. The predicted octanol–water partition coefficient (Wildman–Crippen LogP) is 1.66. The highest BCUT2D eigenvalue weighted by atomic mass is 32.2. The summed E-state index contributed by atoms with van der Waals surface area (Å²) in [5.41, 5.74) is 2.25. The third-order valence-electron chi connectivity index (χ3n) is 4.31. The van der Waals surface area contributed by atoms with E-state index in [1.165, 1.54) is 22.8 Å². The first kappa shape index (κ1) is 17.5. The Morgan fingerprint density at radius 2 is 1.84 bits per heavy atom. The van der Waals surface area contributed by atoms with E-state index in [1.54, 1.807) is 37.1 Å². The number of carbonyl (C=O) groups excluding carboxylic acids is 1. The molecule has 1 amide bonds. The summed E-state index contributed by atoms with van der Waals surface area (Å²) in [6.45, 7) is 5.32. The Morgan fingerprint density at radius 1 is 1.16 bits per heavy atom. The zero-order chi connectivity index (χ0) is 18.0. The molecular formula is C17H20N4O3S. The van der Waals surface area contributed by atoms with Gasteiger partial charge in [0.15, 0.2) is 0 Å². The first-order valence-corrected chi connectivity index (χ1v) is 9.58. The minimum atomic E-state index is -3.52. The molecule has 0 aliphatic carbocycles. The lowest BCUT2D eigenvalue weighted by Crippen LogP contribution is -2.30. The molecule has 0 bridgehead atoms. The van der Waals surface area contributed by atoms with Gasteiger partial charge in [0.1, 0.15) is 6.33 Å². The van der Waals surface area contributed by atoms with Gasteiger partial charge in [-0.1, -0.05) is 13.8 Å². The van der Waals surface area contributed by atoms with E-state index in [0.717, 1.165) is 11.3 Å². The number of hydrogen-bond donors (Lipinski definition) is 0. The molecule has 1 aliphatic rings. The number of sulfonamides is 1. The molecule has 0 atom stereocenters. The molecule has 2 heterocycles. The fraction of sp³-hybridized carbons (Fsp3) is 0.353. The minimum absolute atomic E-state index is 0.148. The molecule has 0 fully saturated rings. The van der Waals surface area contributed by atoms with Crippen LogP contribution in [0.4, 0.5) is 0 Å². The highest BCUT2D eigenvalue weighted by Crippen LogP contribution is 2.22. The number of fused-ring (bicyclic) bond motifs is 1. The SMILES string of the molecule is CCN(CC)S(=O)(=O)c1ccc(C(=O)N2Cc3cncnc3C2)cc1. The summed E-state index contributed by atoms with van der Waals surface area (Å²) in [5.74, 6) is -0.148. The van der Waals surface area contributed by atoms with Crippen LogP contribution in [-0.4, -0.2) is 46.6 Å². The summed E-state index contributed by atoms with van der Waals surface area (Å²) in [4.78, 5) is 22.7. The van der Waals surface area contributed by atoms with Crippen LogP contribution in [0.2, 0.25) is 0 Å². The first-order chi connectivity index (χ1) is 12.0. The highest BCUT2D eigenvalue weighted by Gasteiger charge is 2.26. The summed E-state index contributed by atoms with van der Waals surface area (Å²) >= 11 is 0. The second-order valence-corrected chi connectivity index (χ2v) is 7.71. The maximum Gasteiger partial charge on any atom is 0.254 e. The van der Waals surface area contributed by atoms with Crippen LogP contribution in [0.5, 0.6) is 0 Å². The lowest BCUT2D eigenvalue weighted by atomic mass is 10.2. The van der Waals surface area contributed by atoms with Crippen molar-refractivity contribution in [2.75, 3.05) is 13.1 Å². The molecule has 0 N–H and O–H groups in total. The van der Waals surface area contributed by atoms with Gasteiger partial charge in [0.2, 0.25) is 10.0 Å². The summed E-state index contributed by atoms with van der Waals surface area (Å²) < 4.78 is 26.4. The monoisotopic (exact) mass is 360 g/mol. The number of hydrogen-bond acceptors (Lipinski definition) is 5. The zero-order valence-electron chi connectivity index (χ0n) is 14.2. The van der Waals surface area contributed by atoms with Crippen molar-refractivity contribution in [2.24, 2.45) is 0 Å². The van der Waals surface area contributed by atoms with Crippen molar-refractivity contribution in [3.05, 3.63) is 53.6 Å². The molecule has 0 unspecified atom stereocenters. The van der Waals surface area contributed by atoms with E-state index in [2.05, 4.69) is 9.97 Å². The average Bonchev–Trinajstić information content (AvgIpc) is 3.06. The quantitative estimate of drug-likeness (QED) is 0.810. The normalized spacial score (nSPS) is 14.0. The van der Waals surface area contributed by atoms with Gasteiger partial charge < -0.3 is 4.90 Å². The van der Waals surface area contributed by atoms with Crippen molar-refractivity contribution < 1.29 is 13.2 Å². The molecule has 132 valence electrons. The van der Waals surface area contributed by atoms with E-state index >= 15 is 0 Å². The van der Waals surface area contributed by atoms with E-state index in [4.69, 9.17) is 0 Å². The molecule has 1 aliphatic heterocycles. The van der Waals surface area contributed by atoms with E-state index in [9.17, 15) is 13.2 Å². The molecule has 0 saturated heterocycles. The molecule has 25 heavy (non-hydrogen) atoms. The third-order valence-corrected chi connectivity index (χ3v) is 6.38. The van der Waals surface area contributed by atoms with Gasteiger partial charge in [0.05, 0.1) is 17.1 Å². The van der Waals surface area contributed by atoms with Gasteiger partial charge in [-0.2, -0.15) is 4.31 Å². The molecule has 3 rings (SSSR count). The Bertz CT molecular complexity index is 852. The van der Waals surface area contributed by atoms with Crippen LogP contribution < -0.4 is 0 Å². The van der Waals surface area contributed by atoms with Crippen molar-refractivity contribution >= 4 is 15.9 Å². The number of nitrogens with zero attached hydrogens (tertiary/aromatic N) is 4. The smallest absolute Gasteiger partial charge is 0.254 e. The van der Waals surface area contributed by atoms with Crippen molar-refractivity contribution in [2.45, 2.75) is 31.8 Å². The maximum atomic E-state index is 12.6. The van der Waals surface area contributed by atoms with Crippen LogP contribution in [0.1, 0.15) is 35.5 Å². The van der Waals surface area contributed by atoms with E-state index < -0.39 is 10.0 Å². The lowest BCUT2D eigenvalue weighted by molar-refractivity contribution is 0.0750. The summed E-state index contributed by atoms with van der Waals surface area (Å²) in [6, 6.07) is 6.11. The molecular weight excluding hydrogens is 340 g/mol. The van der Waals surface area contributed by atoms with Gasteiger partial charge in [0.25, 0.3) is 5.91 Å². The van der Waals surface area contributed by atoms with Crippen LogP contribution in [0.25, 0.3) is 0 Å². The van der Waals surface area contributed by atoms with E-state index in [-0.39, 0.29) is 10.8 Å². The number of aromatic nitrogens is 2. The number of amides is 1. The number of benzene rings is 1. The van der Waals surface area contributed by atoms with E-state index in [1.807, 2.05) is 0 Å². The summed E-state index contributed by atoms with van der Waals surface area (Å²) in [7, 11) is -3.52. The Labute approximate surface area is 147 Å². The Hall–Kier alpha value is -2.32.